The fraction of sp³-hybridized carbons (Fsp3) is 0.143. The standard InChI is InChI=1S/C28H22ClN7O3/c1-36-23(22-4-2-3-13-31-22)14-20(27(36)39)25(37)32-18-9-5-16(6-10-18)24-21(15-30)26(38)35-28(34-24)33-19-11-7-17(29)8-12-19/h2-13,20,23H,14H2,1H3,(H,32,37)(H2,33,34,35,38). The third kappa shape index (κ3) is 5.35. The Morgan fingerprint density at radius 1 is 1.08 bits per heavy atom. The van der Waals surface area contributed by atoms with E-state index in [9.17, 15) is 19.6 Å². The van der Waals surface area contributed by atoms with Crippen LogP contribution in [0.25, 0.3) is 11.3 Å². The van der Waals surface area contributed by atoms with Gasteiger partial charge in [0, 0.05) is 35.2 Å². The highest BCUT2D eigenvalue weighted by atomic mass is 35.5. The molecule has 39 heavy (non-hydrogen) atoms. The summed E-state index contributed by atoms with van der Waals surface area (Å²) in [5.74, 6) is -1.38. The lowest BCUT2D eigenvalue weighted by atomic mass is 10.0. The smallest absolute Gasteiger partial charge is 0.270 e. The van der Waals surface area contributed by atoms with E-state index in [1.54, 1.807) is 72.7 Å². The Morgan fingerprint density at radius 2 is 1.79 bits per heavy atom. The average molecular weight is 540 g/mol. The van der Waals surface area contributed by atoms with Crippen molar-refractivity contribution in [3.8, 4) is 17.3 Å². The zero-order valence-electron chi connectivity index (χ0n) is 20.7. The molecule has 2 aromatic carbocycles. The quantitative estimate of drug-likeness (QED) is 0.310. The molecule has 194 valence electrons. The van der Waals surface area contributed by atoms with E-state index in [0.29, 0.717) is 28.4 Å². The number of H-pyrrole nitrogens is 1. The van der Waals surface area contributed by atoms with Gasteiger partial charge in [0.25, 0.3) is 5.56 Å². The first-order valence-corrected chi connectivity index (χ1v) is 12.4. The van der Waals surface area contributed by atoms with Gasteiger partial charge in [0.05, 0.1) is 17.4 Å². The van der Waals surface area contributed by atoms with Crippen LogP contribution < -0.4 is 16.2 Å². The molecular weight excluding hydrogens is 518 g/mol. The number of halogens is 1. The van der Waals surface area contributed by atoms with E-state index in [2.05, 4.69) is 25.6 Å². The Hall–Kier alpha value is -5.01. The van der Waals surface area contributed by atoms with Crippen LogP contribution in [-0.2, 0) is 9.59 Å². The molecule has 1 saturated heterocycles. The summed E-state index contributed by atoms with van der Waals surface area (Å²) < 4.78 is 0. The van der Waals surface area contributed by atoms with Gasteiger partial charge in [-0.25, -0.2) is 4.98 Å². The summed E-state index contributed by atoms with van der Waals surface area (Å²) in [6.45, 7) is 0. The number of pyridine rings is 1. The van der Waals surface area contributed by atoms with Crippen LogP contribution in [0, 0.1) is 17.2 Å². The lowest BCUT2D eigenvalue weighted by Gasteiger charge is -2.18. The van der Waals surface area contributed by atoms with Gasteiger partial charge in [0.2, 0.25) is 17.8 Å². The van der Waals surface area contributed by atoms with E-state index in [1.807, 2.05) is 18.2 Å². The van der Waals surface area contributed by atoms with Crippen LogP contribution in [0.15, 0.2) is 77.7 Å². The summed E-state index contributed by atoms with van der Waals surface area (Å²) in [6, 6.07) is 20.5. The maximum Gasteiger partial charge on any atom is 0.270 e. The lowest BCUT2D eigenvalue weighted by molar-refractivity contribution is -0.135. The number of hydrogen-bond donors (Lipinski definition) is 3. The first-order chi connectivity index (χ1) is 18.8. The number of nitrogens with zero attached hydrogens (tertiary/aromatic N) is 4. The van der Waals surface area contributed by atoms with Crippen molar-refractivity contribution in [2.75, 3.05) is 17.7 Å². The molecule has 4 aromatic rings. The summed E-state index contributed by atoms with van der Waals surface area (Å²) in [5, 5.41) is 15.9. The molecule has 0 saturated carbocycles. The first-order valence-electron chi connectivity index (χ1n) is 12.0. The summed E-state index contributed by atoms with van der Waals surface area (Å²) in [5.41, 5.74) is 1.79. The minimum Gasteiger partial charge on any atom is -0.336 e. The van der Waals surface area contributed by atoms with Crippen molar-refractivity contribution < 1.29 is 9.59 Å². The SMILES string of the molecule is CN1C(=O)C(C(=O)Nc2ccc(-c3nc(Nc4ccc(Cl)cc4)[nH]c(=O)c3C#N)cc2)CC1c1ccccn1. The number of carbonyl (C=O) groups is 2. The maximum atomic E-state index is 13.0. The highest BCUT2D eigenvalue weighted by Gasteiger charge is 2.42. The second kappa shape index (κ2) is 10.8. The molecule has 0 spiro atoms. The number of anilines is 3. The lowest BCUT2D eigenvalue weighted by Crippen LogP contribution is -2.31. The van der Waals surface area contributed by atoms with Crippen LogP contribution in [0.3, 0.4) is 0 Å². The first kappa shape index (κ1) is 25.6. The van der Waals surface area contributed by atoms with E-state index in [4.69, 9.17) is 11.6 Å². The van der Waals surface area contributed by atoms with E-state index in [1.165, 1.54) is 0 Å². The van der Waals surface area contributed by atoms with Gasteiger partial charge >= 0.3 is 0 Å². The number of benzene rings is 2. The highest BCUT2D eigenvalue weighted by Crippen LogP contribution is 2.35. The van der Waals surface area contributed by atoms with Crippen molar-refractivity contribution in [1.29, 1.82) is 5.26 Å². The molecule has 2 atom stereocenters. The van der Waals surface area contributed by atoms with Crippen LogP contribution in [-0.4, -0.2) is 38.7 Å². The molecular formula is C28H22ClN7O3. The Morgan fingerprint density at radius 3 is 2.46 bits per heavy atom. The van der Waals surface area contributed by atoms with Gasteiger partial charge in [-0.05, 0) is 55.0 Å². The van der Waals surface area contributed by atoms with Crippen molar-refractivity contribution in [3.05, 3.63) is 99.6 Å². The number of aromatic amines is 1. The number of rotatable bonds is 6. The Labute approximate surface area is 228 Å². The molecule has 2 amide bonds. The number of likely N-dealkylation sites (tertiary alicyclic amines) is 1. The zero-order valence-corrected chi connectivity index (χ0v) is 21.4. The van der Waals surface area contributed by atoms with Crippen molar-refractivity contribution in [3.63, 3.8) is 0 Å². The van der Waals surface area contributed by atoms with Gasteiger partial charge in [-0.1, -0.05) is 29.8 Å². The predicted octanol–water partition coefficient (Wildman–Crippen LogP) is 4.26. The van der Waals surface area contributed by atoms with Gasteiger partial charge in [0.1, 0.15) is 17.6 Å². The topological polar surface area (TPSA) is 144 Å². The molecule has 1 aliphatic rings. The average Bonchev–Trinajstić information content (AvgIpc) is 3.24. The van der Waals surface area contributed by atoms with Crippen LogP contribution in [0.2, 0.25) is 5.02 Å². The molecule has 0 aliphatic carbocycles. The van der Waals surface area contributed by atoms with E-state index < -0.39 is 17.4 Å². The number of aromatic nitrogens is 3. The van der Waals surface area contributed by atoms with Crippen molar-refractivity contribution in [2.24, 2.45) is 5.92 Å². The molecule has 1 fully saturated rings. The number of nitrogens with one attached hydrogen (secondary N) is 3. The van der Waals surface area contributed by atoms with Crippen molar-refractivity contribution >= 4 is 40.7 Å². The van der Waals surface area contributed by atoms with E-state index >= 15 is 0 Å². The number of nitriles is 1. The molecule has 0 radical (unpaired) electrons. The molecule has 3 heterocycles. The van der Waals surface area contributed by atoms with Crippen LogP contribution in [0.1, 0.15) is 23.7 Å². The number of carbonyl (C=O) groups excluding carboxylic acids is 2. The molecule has 11 heteroatoms. The third-order valence-electron chi connectivity index (χ3n) is 6.48. The minimum absolute atomic E-state index is 0.145. The normalized spacial score (nSPS) is 16.5. The van der Waals surface area contributed by atoms with E-state index in [-0.39, 0.29) is 29.2 Å². The fourth-order valence-corrected chi connectivity index (χ4v) is 4.57. The molecule has 0 bridgehead atoms. The molecule has 2 unspecified atom stereocenters. The Kier molecular flexibility index (Phi) is 7.08. The molecule has 3 N–H and O–H groups in total. The molecule has 1 aliphatic heterocycles. The second-order valence-electron chi connectivity index (χ2n) is 8.96. The summed E-state index contributed by atoms with van der Waals surface area (Å²) >= 11 is 5.93. The highest BCUT2D eigenvalue weighted by molar-refractivity contribution is 6.30. The zero-order chi connectivity index (χ0) is 27.5. The number of amides is 2. The Bertz CT molecular complexity index is 1630. The molecule has 5 rings (SSSR count). The van der Waals surface area contributed by atoms with Gasteiger partial charge in [-0.15, -0.1) is 0 Å². The second-order valence-corrected chi connectivity index (χ2v) is 9.39. The molecule has 10 nitrogen and oxygen atoms in total. The van der Waals surface area contributed by atoms with Gasteiger partial charge < -0.3 is 15.5 Å². The summed E-state index contributed by atoms with van der Waals surface area (Å²) in [4.78, 5) is 51.2. The molecule has 2 aromatic heterocycles. The van der Waals surface area contributed by atoms with Crippen molar-refractivity contribution in [2.45, 2.75) is 12.5 Å². The largest absolute Gasteiger partial charge is 0.336 e. The monoisotopic (exact) mass is 539 g/mol. The summed E-state index contributed by atoms with van der Waals surface area (Å²) in [7, 11) is 1.67. The van der Waals surface area contributed by atoms with Crippen LogP contribution in [0.4, 0.5) is 17.3 Å². The Balaban J connectivity index is 1.34. The van der Waals surface area contributed by atoms with E-state index in [0.717, 1.165) is 5.69 Å². The minimum atomic E-state index is -0.845. The van der Waals surface area contributed by atoms with Crippen molar-refractivity contribution in [1.82, 2.24) is 19.9 Å². The van der Waals surface area contributed by atoms with Gasteiger partial charge in [-0.3, -0.25) is 24.4 Å². The summed E-state index contributed by atoms with van der Waals surface area (Å²) in [6.07, 6.45) is 1.98. The predicted molar refractivity (Wildman–Crippen MR) is 146 cm³/mol. The number of hydrogen-bond acceptors (Lipinski definition) is 7. The van der Waals surface area contributed by atoms with Gasteiger partial charge in [0.15, 0.2) is 0 Å². The maximum absolute atomic E-state index is 13.0. The third-order valence-corrected chi connectivity index (χ3v) is 6.73. The fourth-order valence-electron chi connectivity index (χ4n) is 4.45. The van der Waals surface area contributed by atoms with Crippen LogP contribution in [0.5, 0.6) is 0 Å². The van der Waals surface area contributed by atoms with Crippen LogP contribution >= 0.6 is 11.6 Å². The van der Waals surface area contributed by atoms with Gasteiger partial charge in [-0.2, -0.15) is 5.26 Å².